The van der Waals surface area contributed by atoms with Crippen molar-refractivity contribution in [2.75, 3.05) is 0 Å². The number of aliphatic imine (C=N–C) groups is 2. The predicted octanol–water partition coefficient (Wildman–Crippen LogP) is 9.30. The summed E-state index contributed by atoms with van der Waals surface area (Å²) < 4.78 is 0. The summed E-state index contributed by atoms with van der Waals surface area (Å²) in [4.78, 5) is 31.5. The second-order valence-electron chi connectivity index (χ2n) is 13.4. The number of unbranched alkanes of at least 4 members (excludes halogenated alkanes) is 6. The molecule has 4 aromatic carbocycles. The van der Waals surface area contributed by atoms with Gasteiger partial charge < -0.3 is 40.2 Å². The van der Waals surface area contributed by atoms with Gasteiger partial charge in [-0.15, -0.1) is 0 Å². The van der Waals surface area contributed by atoms with E-state index in [1.54, 1.807) is 0 Å². The zero-order valence-corrected chi connectivity index (χ0v) is 35.2. The Balaban J connectivity index is 0.000000452. The number of carboxylic acid groups (broad SMARTS) is 2. The van der Waals surface area contributed by atoms with Crippen LogP contribution in [0.4, 0.5) is 11.4 Å². The van der Waals surface area contributed by atoms with Crippen LogP contribution in [0.25, 0.3) is 0 Å². The third-order valence-corrected chi connectivity index (χ3v) is 8.90. The van der Waals surface area contributed by atoms with Crippen LogP contribution in [0.3, 0.4) is 0 Å². The maximum absolute atomic E-state index is 10.8. The average Bonchev–Trinajstić information content (AvgIpc) is 3.19. The molecule has 0 saturated heterocycles. The summed E-state index contributed by atoms with van der Waals surface area (Å²) in [6.07, 6.45) is 13.9. The molecule has 0 spiro atoms. The number of phenolic OH excluding ortho intramolecular Hbond substituents is 2. The monoisotopic (exact) mass is 872 g/mol. The maximum Gasteiger partial charge on any atom is 2.00 e. The van der Waals surface area contributed by atoms with Crippen molar-refractivity contribution < 1.29 is 60.7 Å². The summed E-state index contributed by atoms with van der Waals surface area (Å²) in [5.74, 6) is -5.01. The molecular weight excluding hydrogens is 815 g/mol. The van der Waals surface area contributed by atoms with Crippen LogP contribution in [-0.4, -0.2) is 43.8 Å². The zero-order valence-electron chi connectivity index (χ0n) is 33.6. The predicted molar refractivity (Wildman–Crippen MR) is 221 cm³/mol. The number of phenols is 4. The molecule has 0 aromatic heterocycles. The third-order valence-electron chi connectivity index (χ3n) is 8.90. The fourth-order valence-electron chi connectivity index (χ4n) is 5.78. The van der Waals surface area contributed by atoms with Crippen LogP contribution in [0.15, 0.2) is 94.9 Å². The minimum Gasteiger partial charge on any atom is -0.545 e. The van der Waals surface area contributed by atoms with E-state index < -0.39 is 34.9 Å². The van der Waals surface area contributed by atoms with Gasteiger partial charge in [0.1, 0.15) is 0 Å². The molecule has 0 aliphatic carbocycles. The van der Waals surface area contributed by atoms with Crippen LogP contribution in [0.2, 0.25) is 0 Å². The number of benzene rings is 4. The van der Waals surface area contributed by atoms with Crippen molar-refractivity contribution in [1.29, 1.82) is 0 Å². The molecule has 11 heteroatoms. The number of aromatic hydroxyl groups is 4. The molecule has 0 aliphatic heterocycles. The number of aromatic carboxylic acids is 2. The van der Waals surface area contributed by atoms with E-state index in [-0.39, 0.29) is 31.5 Å². The van der Waals surface area contributed by atoms with Crippen LogP contribution >= 0.6 is 0 Å². The standard InChI is InChI=1S/C24H32N2.2C11H14O4.Pd/c1-3-5-9-19-23(25-21-15-11-7-12-16-21)24(20-10-6-4-2)26-22-17-13-8-14-18-22;2*1-2-3-4-7-5-6-8(12)10(13)9(7)11(14)15;/h7-8,11-18H,3-6,9-10,19-20H2,1-2H3;2*5-6,12-13H,2-4H2,1H3,(H,14,15);/q;;;+2/p-2. The summed E-state index contributed by atoms with van der Waals surface area (Å²) in [6.45, 7) is 8.46. The van der Waals surface area contributed by atoms with Crippen molar-refractivity contribution in [3.63, 3.8) is 0 Å². The molecule has 0 unspecified atom stereocenters. The van der Waals surface area contributed by atoms with E-state index in [0.717, 1.165) is 61.3 Å². The molecule has 0 bridgehead atoms. The van der Waals surface area contributed by atoms with Gasteiger partial charge in [0.25, 0.3) is 0 Å². The third kappa shape index (κ3) is 17.8. The first-order valence-corrected chi connectivity index (χ1v) is 19.7. The van der Waals surface area contributed by atoms with Crippen LogP contribution in [0.5, 0.6) is 23.0 Å². The van der Waals surface area contributed by atoms with Crippen molar-refractivity contribution in [1.82, 2.24) is 0 Å². The van der Waals surface area contributed by atoms with E-state index in [2.05, 4.69) is 38.1 Å². The molecule has 4 N–H and O–H groups in total. The first-order chi connectivity index (χ1) is 27.0. The molecule has 0 radical (unpaired) electrons. The summed E-state index contributed by atoms with van der Waals surface area (Å²) in [6, 6.07) is 26.1. The van der Waals surface area contributed by atoms with Gasteiger partial charge in [-0.25, -0.2) is 0 Å². The Hall–Kier alpha value is -4.98. The molecule has 0 aliphatic rings. The Morgan fingerprint density at radius 3 is 1.12 bits per heavy atom. The Morgan fingerprint density at radius 2 is 0.825 bits per heavy atom. The van der Waals surface area contributed by atoms with E-state index >= 15 is 0 Å². The minimum absolute atomic E-state index is 0. The smallest absolute Gasteiger partial charge is 0.545 e. The summed E-state index contributed by atoms with van der Waals surface area (Å²) in [7, 11) is 0. The maximum atomic E-state index is 10.8. The second-order valence-corrected chi connectivity index (χ2v) is 13.4. The van der Waals surface area contributed by atoms with Crippen molar-refractivity contribution in [3.05, 3.63) is 107 Å². The van der Waals surface area contributed by atoms with Crippen molar-refractivity contribution >= 4 is 34.7 Å². The number of nitrogens with zero attached hydrogens (tertiary/aromatic N) is 2. The number of hydrogen-bond acceptors (Lipinski definition) is 10. The minimum atomic E-state index is -1.46. The number of rotatable bonds is 19. The second kappa shape index (κ2) is 28.4. The first-order valence-electron chi connectivity index (χ1n) is 19.7. The molecule has 0 fully saturated rings. The molecule has 0 atom stereocenters. The van der Waals surface area contributed by atoms with Gasteiger partial charge in [-0.2, -0.15) is 0 Å². The summed E-state index contributed by atoms with van der Waals surface area (Å²) >= 11 is 0. The van der Waals surface area contributed by atoms with Gasteiger partial charge in [-0.05, 0) is 98.9 Å². The van der Waals surface area contributed by atoms with Gasteiger partial charge in [-0.1, -0.05) is 115 Å². The van der Waals surface area contributed by atoms with Gasteiger partial charge in [0, 0.05) is 11.1 Å². The molecule has 4 rings (SSSR count). The Kier molecular flexibility index (Phi) is 25.0. The number of aryl methyl sites for hydroxylation is 2. The zero-order chi connectivity index (χ0) is 41.3. The van der Waals surface area contributed by atoms with E-state index in [9.17, 15) is 30.0 Å². The van der Waals surface area contributed by atoms with Crippen LogP contribution in [0, 0.1) is 0 Å². The SMILES string of the molecule is CCCCCC(=Nc1ccccc1)C(CCCCC)=Nc1ccccc1.CCCCc1ccc(O)c(O)c1C(=O)[O-].CCCCc1ccc(O)c(O)c1C(=O)[O-].[Pd+2]. The topological polar surface area (TPSA) is 186 Å². The molecule has 57 heavy (non-hydrogen) atoms. The molecular formula is C46H58N2O8Pd. The van der Waals surface area contributed by atoms with Gasteiger partial charge >= 0.3 is 20.4 Å². The Morgan fingerprint density at radius 1 is 0.491 bits per heavy atom. The number of para-hydroxylation sites is 2. The fraction of sp³-hybridized carbons (Fsp3) is 0.391. The number of carboxylic acids is 2. The first kappa shape index (κ1) is 50.0. The molecule has 4 aromatic rings. The van der Waals surface area contributed by atoms with E-state index in [1.807, 2.05) is 50.2 Å². The van der Waals surface area contributed by atoms with Crippen LogP contribution < -0.4 is 10.2 Å². The normalized spacial score (nSPS) is 11.0. The molecule has 0 heterocycles. The molecule has 310 valence electrons. The van der Waals surface area contributed by atoms with Crippen molar-refractivity contribution in [2.24, 2.45) is 9.98 Å². The fourth-order valence-corrected chi connectivity index (χ4v) is 5.78. The number of carbonyl (C=O) groups is 2. The van der Waals surface area contributed by atoms with Crippen molar-refractivity contribution in [3.8, 4) is 23.0 Å². The summed E-state index contributed by atoms with van der Waals surface area (Å²) in [5.41, 5.74) is 4.74. The van der Waals surface area contributed by atoms with E-state index in [4.69, 9.17) is 20.2 Å². The molecule has 0 amide bonds. The van der Waals surface area contributed by atoms with Crippen LogP contribution in [0.1, 0.15) is 137 Å². The van der Waals surface area contributed by atoms with Gasteiger partial charge in [0.05, 0.1) is 34.7 Å². The molecule has 0 saturated carbocycles. The Labute approximate surface area is 351 Å². The van der Waals surface area contributed by atoms with E-state index in [1.165, 1.54) is 62.8 Å². The summed E-state index contributed by atoms with van der Waals surface area (Å²) in [5, 5.41) is 58.6. The molecule has 10 nitrogen and oxygen atoms in total. The average molecular weight is 873 g/mol. The van der Waals surface area contributed by atoms with Crippen molar-refractivity contribution in [2.45, 2.75) is 118 Å². The Bertz CT molecular complexity index is 1710. The van der Waals surface area contributed by atoms with Crippen LogP contribution in [-0.2, 0) is 33.3 Å². The van der Waals surface area contributed by atoms with E-state index in [0.29, 0.717) is 24.0 Å². The number of hydrogen-bond donors (Lipinski definition) is 4. The van der Waals surface area contributed by atoms with Gasteiger partial charge in [0.15, 0.2) is 23.0 Å². The van der Waals surface area contributed by atoms with Gasteiger partial charge in [-0.3, -0.25) is 9.98 Å². The quantitative estimate of drug-likeness (QED) is 0.0311. The number of carbonyl (C=O) groups excluding carboxylic acids is 2. The van der Waals surface area contributed by atoms with Gasteiger partial charge in [0.2, 0.25) is 0 Å². The largest absolute Gasteiger partial charge is 2.00 e.